The largest absolute Gasteiger partial charge is 0.498 e. The topological polar surface area (TPSA) is 61.8 Å². The third-order valence-corrected chi connectivity index (χ3v) is 3.68. The zero-order valence-electron chi connectivity index (χ0n) is 11.1. The highest BCUT2D eigenvalue weighted by molar-refractivity contribution is 7.86. The van der Waals surface area contributed by atoms with Crippen molar-refractivity contribution in [1.82, 2.24) is 0 Å². The van der Waals surface area contributed by atoms with Crippen molar-refractivity contribution in [2.24, 2.45) is 0 Å². The van der Waals surface area contributed by atoms with Gasteiger partial charge in [-0.2, -0.15) is 8.42 Å². The van der Waals surface area contributed by atoms with Gasteiger partial charge in [0.1, 0.15) is 19.0 Å². The molecule has 0 amide bonds. The molecule has 19 heavy (non-hydrogen) atoms. The van der Waals surface area contributed by atoms with E-state index in [4.69, 9.17) is 13.7 Å². The van der Waals surface area contributed by atoms with Gasteiger partial charge in [0.15, 0.2) is 0 Å². The van der Waals surface area contributed by atoms with Gasteiger partial charge in [0.05, 0.1) is 17.8 Å². The SMILES string of the molecule is C=COCCOc1cc(S(=O)(=O)OCC)ccc1C. The summed E-state index contributed by atoms with van der Waals surface area (Å²) >= 11 is 0. The van der Waals surface area contributed by atoms with E-state index in [9.17, 15) is 8.42 Å². The fourth-order valence-electron chi connectivity index (χ4n) is 1.40. The molecule has 106 valence electrons. The Balaban J connectivity index is 2.85. The van der Waals surface area contributed by atoms with E-state index in [1.54, 1.807) is 13.0 Å². The fraction of sp³-hybridized carbons (Fsp3) is 0.385. The first kappa shape index (κ1) is 15.5. The maximum Gasteiger partial charge on any atom is 0.297 e. The van der Waals surface area contributed by atoms with Gasteiger partial charge in [-0.1, -0.05) is 12.6 Å². The average Bonchev–Trinajstić information content (AvgIpc) is 2.36. The molecular weight excluding hydrogens is 268 g/mol. The second-order valence-electron chi connectivity index (χ2n) is 3.67. The Bertz CT molecular complexity index is 522. The van der Waals surface area contributed by atoms with Crippen LogP contribution < -0.4 is 4.74 Å². The number of benzene rings is 1. The summed E-state index contributed by atoms with van der Waals surface area (Å²) in [6.45, 7) is 7.63. The average molecular weight is 286 g/mol. The molecule has 5 nitrogen and oxygen atoms in total. The van der Waals surface area contributed by atoms with Crippen molar-refractivity contribution in [3.05, 3.63) is 36.6 Å². The zero-order valence-corrected chi connectivity index (χ0v) is 11.9. The van der Waals surface area contributed by atoms with Crippen molar-refractivity contribution in [3.8, 4) is 5.75 Å². The Kier molecular flexibility index (Phi) is 5.85. The van der Waals surface area contributed by atoms with Gasteiger partial charge in [0, 0.05) is 6.07 Å². The van der Waals surface area contributed by atoms with Crippen molar-refractivity contribution in [3.63, 3.8) is 0 Å². The molecule has 0 saturated carbocycles. The first-order valence-corrected chi connectivity index (χ1v) is 7.27. The summed E-state index contributed by atoms with van der Waals surface area (Å²) in [6.07, 6.45) is 1.33. The van der Waals surface area contributed by atoms with Crippen LogP contribution >= 0.6 is 0 Å². The van der Waals surface area contributed by atoms with Crippen LogP contribution in [0.25, 0.3) is 0 Å². The summed E-state index contributed by atoms with van der Waals surface area (Å²) in [6, 6.07) is 4.62. The molecule has 0 heterocycles. The van der Waals surface area contributed by atoms with Gasteiger partial charge >= 0.3 is 0 Å². The minimum atomic E-state index is -3.71. The monoisotopic (exact) mass is 286 g/mol. The van der Waals surface area contributed by atoms with E-state index in [0.717, 1.165) is 5.56 Å². The first-order chi connectivity index (χ1) is 9.01. The van der Waals surface area contributed by atoms with Gasteiger partial charge in [0.2, 0.25) is 0 Å². The van der Waals surface area contributed by atoms with E-state index in [1.165, 1.54) is 18.4 Å². The molecule has 0 spiro atoms. The van der Waals surface area contributed by atoms with Crippen LogP contribution in [0.15, 0.2) is 35.9 Å². The first-order valence-electron chi connectivity index (χ1n) is 5.86. The Hall–Kier alpha value is -1.53. The van der Waals surface area contributed by atoms with Gasteiger partial charge in [-0.15, -0.1) is 0 Å². The van der Waals surface area contributed by atoms with Crippen LogP contribution in [0, 0.1) is 6.92 Å². The van der Waals surface area contributed by atoms with Crippen LogP contribution in [0.3, 0.4) is 0 Å². The molecular formula is C13H18O5S. The standard InChI is InChI=1S/C13H18O5S/c1-4-16-8-9-17-13-10-12(7-6-11(13)3)19(14,15)18-5-2/h4,6-7,10H,1,5,8-9H2,2-3H3. The molecule has 0 aliphatic heterocycles. The summed E-state index contributed by atoms with van der Waals surface area (Å²) in [4.78, 5) is 0.0830. The molecule has 0 aromatic heterocycles. The van der Waals surface area contributed by atoms with Gasteiger partial charge in [-0.3, -0.25) is 4.18 Å². The third-order valence-electron chi connectivity index (χ3n) is 2.30. The highest BCUT2D eigenvalue weighted by Gasteiger charge is 2.16. The molecule has 0 N–H and O–H groups in total. The third kappa shape index (κ3) is 4.57. The molecule has 0 radical (unpaired) electrons. The molecule has 1 rings (SSSR count). The summed E-state index contributed by atoms with van der Waals surface area (Å²) in [5, 5.41) is 0. The predicted molar refractivity (Wildman–Crippen MR) is 71.6 cm³/mol. The highest BCUT2D eigenvalue weighted by Crippen LogP contribution is 2.23. The van der Waals surface area contributed by atoms with E-state index in [1.807, 2.05) is 6.92 Å². The number of hydrogen-bond acceptors (Lipinski definition) is 5. The van der Waals surface area contributed by atoms with Crippen molar-refractivity contribution in [1.29, 1.82) is 0 Å². The number of ether oxygens (including phenoxy) is 2. The minimum absolute atomic E-state index is 0.0830. The van der Waals surface area contributed by atoms with Gasteiger partial charge in [0.25, 0.3) is 10.1 Å². The second-order valence-corrected chi connectivity index (χ2v) is 5.29. The van der Waals surface area contributed by atoms with Gasteiger partial charge in [-0.05, 0) is 25.5 Å². The molecule has 1 aromatic rings. The van der Waals surface area contributed by atoms with E-state index < -0.39 is 10.1 Å². The Morgan fingerprint density at radius 2 is 2.05 bits per heavy atom. The quantitative estimate of drug-likeness (QED) is 0.417. The van der Waals surface area contributed by atoms with Gasteiger partial charge in [-0.25, -0.2) is 0 Å². The Morgan fingerprint density at radius 3 is 2.68 bits per heavy atom. The summed E-state index contributed by atoms with van der Waals surface area (Å²) in [5.74, 6) is 0.494. The zero-order chi connectivity index (χ0) is 14.3. The van der Waals surface area contributed by atoms with E-state index >= 15 is 0 Å². The normalized spacial score (nSPS) is 11.1. The maximum atomic E-state index is 11.8. The summed E-state index contributed by atoms with van der Waals surface area (Å²) < 4.78 is 38.6. The lowest BCUT2D eigenvalue weighted by atomic mass is 10.2. The number of hydrogen-bond donors (Lipinski definition) is 0. The van der Waals surface area contributed by atoms with Crippen LogP contribution in [-0.4, -0.2) is 28.2 Å². The van der Waals surface area contributed by atoms with E-state index in [-0.39, 0.29) is 11.5 Å². The highest BCUT2D eigenvalue weighted by atomic mass is 32.2. The molecule has 0 atom stereocenters. The predicted octanol–water partition coefficient (Wildman–Crippen LogP) is 2.26. The Morgan fingerprint density at radius 1 is 1.32 bits per heavy atom. The lowest BCUT2D eigenvalue weighted by molar-refractivity contribution is 0.179. The minimum Gasteiger partial charge on any atom is -0.498 e. The lowest BCUT2D eigenvalue weighted by Gasteiger charge is -2.11. The molecule has 0 fully saturated rings. The van der Waals surface area contributed by atoms with Crippen molar-refractivity contribution in [2.75, 3.05) is 19.8 Å². The van der Waals surface area contributed by atoms with Crippen LogP contribution in [0.4, 0.5) is 0 Å². The summed E-state index contributed by atoms with van der Waals surface area (Å²) in [7, 11) is -3.71. The molecule has 0 aliphatic carbocycles. The molecule has 6 heteroatoms. The summed E-state index contributed by atoms with van der Waals surface area (Å²) in [5.41, 5.74) is 0.842. The van der Waals surface area contributed by atoms with E-state index in [0.29, 0.717) is 19.0 Å². The van der Waals surface area contributed by atoms with Crippen LogP contribution in [0.5, 0.6) is 5.75 Å². The molecule has 1 aromatic carbocycles. The van der Waals surface area contributed by atoms with Crippen molar-refractivity contribution in [2.45, 2.75) is 18.7 Å². The van der Waals surface area contributed by atoms with Crippen molar-refractivity contribution >= 4 is 10.1 Å². The Labute approximate surface area is 113 Å². The molecule has 0 unspecified atom stereocenters. The smallest absolute Gasteiger partial charge is 0.297 e. The molecule has 0 saturated heterocycles. The van der Waals surface area contributed by atoms with Crippen LogP contribution in [0.1, 0.15) is 12.5 Å². The van der Waals surface area contributed by atoms with Crippen LogP contribution in [-0.2, 0) is 19.0 Å². The molecule has 0 bridgehead atoms. The van der Waals surface area contributed by atoms with E-state index in [2.05, 4.69) is 6.58 Å². The second kappa shape index (κ2) is 7.16. The maximum absolute atomic E-state index is 11.8. The van der Waals surface area contributed by atoms with Crippen molar-refractivity contribution < 1.29 is 22.1 Å². The fourth-order valence-corrected chi connectivity index (χ4v) is 2.33. The molecule has 0 aliphatic rings. The number of aryl methyl sites for hydroxylation is 1. The van der Waals surface area contributed by atoms with Crippen LogP contribution in [0.2, 0.25) is 0 Å². The number of rotatable bonds is 8. The van der Waals surface area contributed by atoms with Gasteiger partial charge < -0.3 is 9.47 Å². The lowest BCUT2D eigenvalue weighted by Crippen LogP contribution is -2.08.